The standard InChI is InChI=1S/C27H22FN3O3S/c1-2-16-7-3-6-10-23(16)31-26(34)18-8-4-5-9-21(18)30-27(31)35-15-24(32)19-13-17-11-12-25(33)29-22(17)14-20(19)28/h3-10,13-14H,2,11-12,15H2,1H3,(H,29,33). The van der Waals surface area contributed by atoms with Gasteiger partial charge in [-0.1, -0.05) is 49.0 Å². The molecule has 0 aliphatic carbocycles. The first-order valence-electron chi connectivity index (χ1n) is 11.3. The van der Waals surface area contributed by atoms with Gasteiger partial charge in [0.05, 0.1) is 27.9 Å². The minimum atomic E-state index is -0.684. The molecule has 0 atom stereocenters. The van der Waals surface area contributed by atoms with Crippen molar-refractivity contribution >= 4 is 40.0 Å². The zero-order chi connectivity index (χ0) is 24.5. The molecule has 4 aromatic rings. The largest absolute Gasteiger partial charge is 0.326 e. The van der Waals surface area contributed by atoms with Crippen molar-refractivity contribution < 1.29 is 14.0 Å². The van der Waals surface area contributed by atoms with Gasteiger partial charge in [0, 0.05) is 12.1 Å². The summed E-state index contributed by atoms with van der Waals surface area (Å²) in [5.74, 6) is -1.36. The van der Waals surface area contributed by atoms with E-state index in [1.54, 1.807) is 24.3 Å². The highest BCUT2D eigenvalue weighted by Gasteiger charge is 2.22. The molecule has 1 amide bonds. The molecule has 1 aromatic heterocycles. The van der Waals surface area contributed by atoms with E-state index in [2.05, 4.69) is 10.3 Å². The van der Waals surface area contributed by atoms with Crippen molar-refractivity contribution in [2.45, 2.75) is 31.3 Å². The number of rotatable bonds is 6. The van der Waals surface area contributed by atoms with Gasteiger partial charge in [-0.3, -0.25) is 19.0 Å². The number of anilines is 1. The van der Waals surface area contributed by atoms with Gasteiger partial charge in [-0.05, 0) is 54.3 Å². The molecule has 6 nitrogen and oxygen atoms in total. The van der Waals surface area contributed by atoms with Gasteiger partial charge in [-0.25, -0.2) is 9.37 Å². The summed E-state index contributed by atoms with van der Waals surface area (Å²) in [5, 5.41) is 3.49. The van der Waals surface area contributed by atoms with Crippen LogP contribution in [0.5, 0.6) is 0 Å². The van der Waals surface area contributed by atoms with E-state index >= 15 is 0 Å². The number of benzene rings is 3. The van der Waals surface area contributed by atoms with E-state index in [9.17, 15) is 18.8 Å². The maximum Gasteiger partial charge on any atom is 0.266 e. The third kappa shape index (κ3) is 4.37. The fourth-order valence-electron chi connectivity index (χ4n) is 4.27. The number of carbonyl (C=O) groups excluding carboxylic acids is 2. The third-order valence-electron chi connectivity index (χ3n) is 6.08. The normalized spacial score (nSPS) is 12.9. The molecule has 35 heavy (non-hydrogen) atoms. The number of carbonyl (C=O) groups is 2. The van der Waals surface area contributed by atoms with Gasteiger partial charge in [0.25, 0.3) is 5.56 Å². The third-order valence-corrected chi connectivity index (χ3v) is 7.02. The van der Waals surface area contributed by atoms with E-state index < -0.39 is 11.6 Å². The van der Waals surface area contributed by atoms with Crippen LogP contribution in [0, 0.1) is 5.82 Å². The van der Waals surface area contributed by atoms with E-state index in [-0.39, 0.29) is 22.8 Å². The van der Waals surface area contributed by atoms with Crippen LogP contribution in [0.1, 0.15) is 34.8 Å². The maximum absolute atomic E-state index is 14.7. The van der Waals surface area contributed by atoms with E-state index in [1.807, 2.05) is 31.2 Å². The average molecular weight is 488 g/mol. The number of ketones is 1. The molecule has 8 heteroatoms. The zero-order valence-corrected chi connectivity index (χ0v) is 19.8. The molecule has 3 aromatic carbocycles. The fourth-order valence-corrected chi connectivity index (χ4v) is 5.16. The Balaban J connectivity index is 1.53. The first kappa shape index (κ1) is 23.0. The van der Waals surface area contributed by atoms with Crippen molar-refractivity contribution in [3.8, 4) is 5.69 Å². The van der Waals surface area contributed by atoms with Crippen LogP contribution >= 0.6 is 11.8 Å². The molecule has 176 valence electrons. The molecule has 2 heterocycles. The van der Waals surface area contributed by atoms with Crippen LogP contribution < -0.4 is 10.9 Å². The van der Waals surface area contributed by atoms with Crippen molar-refractivity contribution in [3.05, 3.63) is 93.5 Å². The minimum absolute atomic E-state index is 0.0314. The zero-order valence-electron chi connectivity index (χ0n) is 19.0. The highest BCUT2D eigenvalue weighted by Crippen LogP contribution is 2.28. The summed E-state index contributed by atoms with van der Waals surface area (Å²) in [4.78, 5) is 42.8. The molecular formula is C27H22FN3O3S. The lowest BCUT2D eigenvalue weighted by molar-refractivity contribution is -0.116. The molecule has 1 aliphatic heterocycles. The Bertz CT molecular complexity index is 1550. The number of hydrogen-bond donors (Lipinski definition) is 1. The Labute approximate surface area is 205 Å². The summed E-state index contributed by atoms with van der Waals surface area (Å²) in [5.41, 5.74) is 3.11. The second-order valence-corrected chi connectivity index (χ2v) is 9.23. The van der Waals surface area contributed by atoms with Crippen molar-refractivity contribution in [1.82, 2.24) is 9.55 Å². The van der Waals surface area contributed by atoms with Gasteiger partial charge in [0.1, 0.15) is 5.82 Å². The number of nitrogens with zero attached hydrogens (tertiary/aromatic N) is 2. The highest BCUT2D eigenvalue weighted by molar-refractivity contribution is 7.99. The molecule has 0 spiro atoms. The summed E-state index contributed by atoms with van der Waals surface area (Å²) in [6.07, 6.45) is 1.47. The van der Waals surface area contributed by atoms with Crippen LogP contribution in [0.3, 0.4) is 0 Å². The van der Waals surface area contributed by atoms with Gasteiger partial charge in [0.15, 0.2) is 10.9 Å². The van der Waals surface area contributed by atoms with E-state index in [4.69, 9.17) is 0 Å². The van der Waals surface area contributed by atoms with E-state index in [1.165, 1.54) is 16.7 Å². The van der Waals surface area contributed by atoms with Crippen molar-refractivity contribution in [3.63, 3.8) is 0 Å². The summed E-state index contributed by atoms with van der Waals surface area (Å²) >= 11 is 1.11. The van der Waals surface area contributed by atoms with Crippen LogP contribution in [0.2, 0.25) is 0 Å². The lowest BCUT2D eigenvalue weighted by atomic mass is 9.98. The molecule has 0 saturated carbocycles. The Morgan fingerprint density at radius 1 is 1.09 bits per heavy atom. The van der Waals surface area contributed by atoms with Crippen LogP contribution in [-0.4, -0.2) is 27.0 Å². The average Bonchev–Trinajstić information content (AvgIpc) is 2.87. The lowest BCUT2D eigenvalue weighted by Crippen LogP contribution is -2.23. The van der Waals surface area contributed by atoms with Crippen molar-refractivity contribution in [2.24, 2.45) is 0 Å². The van der Waals surface area contributed by atoms with Crippen molar-refractivity contribution in [2.75, 3.05) is 11.1 Å². The summed E-state index contributed by atoms with van der Waals surface area (Å²) in [6, 6.07) is 17.4. The SMILES string of the molecule is CCc1ccccc1-n1c(SCC(=O)c2cc3c(cc2F)NC(=O)CC3)nc2ccccc2c1=O. The van der Waals surface area contributed by atoms with Gasteiger partial charge in [-0.2, -0.15) is 0 Å². The molecule has 1 aliphatic rings. The highest BCUT2D eigenvalue weighted by atomic mass is 32.2. The quantitative estimate of drug-likeness (QED) is 0.237. The maximum atomic E-state index is 14.7. The second kappa shape index (κ2) is 9.46. The van der Waals surface area contributed by atoms with Crippen molar-refractivity contribution in [1.29, 1.82) is 0 Å². The monoisotopic (exact) mass is 487 g/mol. The van der Waals surface area contributed by atoms with E-state index in [0.717, 1.165) is 29.3 Å². The fraction of sp³-hybridized carbons (Fsp3) is 0.185. The first-order valence-corrected chi connectivity index (χ1v) is 12.3. The minimum Gasteiger partial charge on any atom is -0.326 e. The van der Waals surface area contributed by atoms with Gasteiger partial charge in [-0.15, -0.1) is 0 Å². The number of hydrogen-bond acceptors (Lipinski definition) is 5. The summed E-state index contributed by atoms with van der Waals surface area (Å²) in [6.45, 7) is 2.01. The molecule has 0 saturated heterocycles. The number of aromatic nitrogens is 2. The number of nitrogens with one attached hydrogen (secondary N) is 1. The number of aryl methyl sites for hydroxylation is 2. The molecule has 0 radical (unpaired) electrons. The van der Waals surface area contributed by atoms with Crippen LogP contribution in [0.25, 0.3) is 16.6 Å². The Hall–Kier alpha value is -3.78. The van der Waals surface area contributed by atoms with Gasteiger partial charge >= 0.3 is 0 Å². The predicted octanol–water partition coefficient (Wildman–Crippen LogP) is 4.95. The Morgan fingerprint density at radius 3 is 2.69 bits per heavy atom. The molecule has 0 fully saturated rings. The molecular weight excluding hydrogens is 465 g/mol. The number of para-hydroxylation sites is 2. The number of halogens is 1. The van der Waals surface area contributed by atoms with Gasteiger partial charge in [0.2, 0.25) is 5.91 Å². The number of amides is 1. The molecule has 0 unspecified atom stereocenters. The Kier molecular flexibility index (Phi) is 6.21. The molecule has 1 N–H and O–H groups in total. The number of fused-ring (bicyclic) bond motifs is 2. The predicted molar refractivity (Wildman–Crippen MR) is 135 cm³/mol. The number of Topliss-reactive ketones (excluding diaryl/α,β-unsaturated/α-hetero) is 1. The topological polar surface area (TPSA) is 81.1 Å². The summed E-state index contributed by atoms with van der Waals surface area (Å²) < 4.78 is 16.3. The number of thioether (sulfide) groups is 1. The molecule has 0 bridgehead atoms. The second-order valence-electron chi connectivity index (χ2n) is 8.28. The lowest BCUT2D eigenvalue weighted by Gasteiger charge is -2.18. The van der Waals surface area contributed by atoms with Crippen LogP contribution in [0.15, 0.2) is 70.6 Å². The van der Waals surface area contributed by atoms with Crippen LogP contribution in [0.4, 0.5) is 10.1 Å². The summed E-state index contributed by atoms with van der Waals surface area (Å²) in [7, 11) is 0. The van der Waals surface area contributed by atoms with Crippen LogP contribution in [-0.2, 0) is 17.6 Å². The van der Waals surface area contributed by atoms with E-state index in [0.29, 0.717) is 40.3 Å². The first-order chi connectivity index (χ1) is 17.0. The molecule has 5 rings (SSSR count). The Morgan fingerprint density at radius 2 is 1.86 bits per heavy atom. The van der Waals surface area contributed by atoms with Gasteiger partial charge < -0.3 is 5.32 Å². The smallest absolute Gasteiger partial charge is 0.266 e.